The van der Waals surface area contributed by atoms with Crippen LogP contribution in [0.1, 0.15) is 46.4 Å². The number of carbonyl (C=O) groups excluding carboxylic acids is 2. The molecule has 0 unspecified atom stereocenters. The summed E-state index contributed by atoms with van der Waals surface area (Å²) in [5.41, 5.74) is 1.52. The molecule has 9 heteroatoms. The first-order valence-electron chi connectivity index (χ1n) is 10.7. The first kappa shape index (κ1) is 22.6. The zero-order chi connectivity index (χ0) is 22.8. The van der Waals surface area contributed by atoms with Gasteiger partial charge in [-0.1, -0.05) is 23.2 Å². The number of anilines is 1. The van der Waals surface area contributed by atoms with E-state index in [0.29, 0.717) is 47.1 Å². The van der Waals surface area contributed by atoms with Gasteiger partial charge >= 0.3 is 0 Å². The normalized spacial score (nSPS) is 16.9. The standard InChI is InChI=1S/C23H23Cl2N3O4/c24-19-5-3-16(13-20(19)25)22(29)15-7-11-27(12-8-15)23(30)18-14-17(28(31)32)4-6-21(18)26-9-1-2-10-26/h3-6,13-15H,1-2,7-12H2. The Morgan fingerprint density at radius 1 is 0.938 bits per heavy atom. The molecule has 0 aromatic heterocycles. The van der Waals surface area contributed by atoms with Crippen molar-refractivity contribution in [1.82, 2.24) is 4.90 Å². The van der Waals surface area contributed by atoms with Crippen molar-refractivity contribution in [2.24, 2.45) is 5.92 Å². The van der Waals surface area contributed by atoms with Crippen LogP contribution in [0.25, 0.3) is 0 Å². The summed E-state index contributed by atoms with van der Waals surface area (Å²) in [6, 6.07) is 9.36. The molecule has 0 bridgehead atoms. The summed E-state index contributed by atoms with van der Waals surface area (Å²) in [6.07, 6.45) is 3.12. The Labute approximate surface area is 196 Å². The van der Waals surface area contributed by atoms with Crippen molar-refractivity contribution in [3.8, 4) is 0 Å². The molecule has 32 heavy (non-hydrogen) atoms. The van der Waals surface area contributed by atoms with Crippen molar-refractivity contribution in [3.63, 3.8) is 0 Å². The number of rotatable bonds is 5. The average Bonchev–Trinajstić information content (AvgIpc) is 3.34. The van der Waals surface area contributed by atoms with Gasteiger partial charge in [0.05, 0.1) is 26.2 Å². The topological polar surface area (TPSA) is 83.8 Å². The van der Waals surface area contributed by atoms with Crippen LogP contribution in [-0.2, 0) is 0 Å². The Balaban J connectivity index is 1.49. The van der Waals surface area contributed by atoms with Gasteiger partial charge in [0, 0.05) is 49.8 Å². The number of nitro groups is 1. The number of hydrogen-bond acceptors (Lipinski definition) is 5. The number of carbonyl (C=O) groups is 2. The van der Waals surface area contributed by atoms with E-state index >= 15 is 0 Å². The quantitative estimate of drug-likeness (QED) is 0.335. The predicted octanol–water partition coefficient (Wildman–Crippen LogP) is 5.24. The highest BCUT2D eigenvalue weighted by Gasteiger charge is 2.31. The third kappa shape index (κ3) is 4.59. The number of ketones is 1. The second-order valence-electron chi connectivity index (χ2n) is 8.21. The van der Waals surface area contributed by atoms with Crippen LogP contribution in [0.15, 0.2) is 36.4 Å². The van der Waals surface area contributed by atoms with Gasteiger partial charge in [-0.25, -0.2) is 0 Å². The highest BCUT2D eigenvalue weighted by molar-refractivity contribution is 6.42. The monoisotopic (exact) mass is 475 g/mol. The van der Waals surface area contributed by atoms with Crippen molar-refractivity contribution in [3.05, 3.63) is 67.7 Å². The van der Waals surface area contributed by atoms with Crippen LogP contribution in [0.2, 0.25) is 10.0 Å². The molecule has 2 fully saturated rings. The maximum atomic E-state index is 13.3. The number of nitrogens with zero attached hydrogens (tertiary/aromatic N) is 3. The zero-order valence-electron chi connectivity index (χ0n) is 17.4. The van der Waals surface area contributed by atoms with Crippen molar-refractivity contribution >= 4 is 46.3 Å². The molecule has 2 aliphatic heterocycles. The molecule has 2 aromatic rings. The van der Waals surface area contributed by atoms with Gasteiger partial charge < -0.3 is 9.80 Å². The Hall–Kier alpha value is -2.64. The second-order valence-corrected chi connectivity index (χ2v) is 9.03. The highest BCUT2D eigenvalue weighted by atomic mass is 35.5. The molecular weight excluding hydrogens is 453 g/mol. The first-order valence-corrected chi connectivity index (χ1v) is 11.4. The van der Waals surface area contributed by atoms with Gasteiger partial charge in [0.2, 0.25) is 0 Å². The van der Waals surface area contributed by atoms with E-state index in [1.54, 1.807) is 29.2 Å². The van der Waals surface area contributed by atoms with E-state index in [9.17, 15) is 19.7 Å². The summed E-state index contributed by atoms with van der Waals surface area (Å²) in [6.45, 7) is 2.49. The Kier molecular flexibility index (Phi) is 6.67. The summed E-state index contributed by atoms with van der Waals surface area (Å²) in [5.74, 6) is -0.445. The van der Waals surface area contributed by atoms with Gasteiger partial charge in [0.15, 0.2) is 5.78 Å². The zero-order valence-corrected chi connectivity index (χ0v) is 18.9. The molecule has 0 aliphatic carbocycles. The van der Waals surface area contributed by atoms with Crippen molar-refractivity contribution < 1.29 is 14.5 Å². The van der Waals surface area contributed by atoms with E-state index in [-0.39, 0.29) is 23.3 Å². The van der Waals surface area contributed by atoms with Gasteiger partial charge in [-0.15, -0.1) is 0 Å². The molecule has 2 heterocycles. The van der Waals surface area contributed by atoms with Crippen LogP contribution in [-0.4, -0.2) is 47.7 Å². The SMILES string of the molecule is O=C(c1ccc(Cl)c(Cl)c1)C1CCN(C(=O)c2cc([N+](=O)[O-])ccc2N2CCCC2)CC1. The molecule has 0 atom stereocenters. The third-order valence-corrected chi connectivity index (χ3v) is 6.96. The molecule has 2 aromatic carbocycles. The highest BCUT2D eigenvalue weighted by Crippen LogP contribution is 2.32. The molecular formula is C23H23Cl2N3O4. The van der Waals surface area contributed by atoms with Crippen molar-refractivity contribution in [2.45, 2.75) is 25.7 Å². The van der Waals surface area contributed by atoms with Gasteiger partial charge in [-0.05, 0) is 49.9 Å². The number of hydrogen-bond donors (Lipinski definition) is 0. The molecule has 168 valence electrons. The van der Waals surface area contributed by atoms with Crippen LogP contribution in [0.4, 0.5) is 11.4 Å². The smallest absolute Gasteiger partial charge is 0.270 e. The minimum absolute atomic E-state index is 0.0104. The maximum Gasteiger partial charge on any atom is 0.270 e. The number of amides is 1. The Morgan fingerprint density at radius 3 is 2.25 bits per heavy atom. The van der Waals surface area contributed by atoms with Crippen molar-refractivity contribution in [2.75, 3.05) is 31.1 Å². The lowest BCUT2D eigenvalue weighted by Gasteiger charge is -2.32. The van der Waals surface area contributed by atoms with Crippen LogP contribution >= 0.6 is 23.2 Å². The van der Waals surface area contributed by atoms with Crippen LogP contribution in [0.5, 0.6) is 0 Å². The first-order chi connectivity index (χ1) is 15.3. The fourth-order valence-corrected chi connectivity index (χ4v) is 4.74. The van der Waals surface area contributed by atoms with E-state index in [0.717, 1.165) is 31.6 Å². The van der Waals surface area contributed by atoms with Crippen molar-refractivity contribution in [1.29, 1.82) is 0 Å². The summed E-state index contributed by atoms with van der Waals surface area (Å²) in [7, 11) is 0. The number of likely N-dealkylation sites (tertiary alicyclic amines) is 1. The minimum atomic E-state index is -0.479. The van der Waals surface area contributed by atoms with Crippen LogP contribution in [0, 0.1) is 16.0 Å². The Bertz CT molecular complexity index is 1060. The summed E-state index contributed by atoms with van der Waals surface area (Å²) in [4.78, 5) is 40.8. The molecule has 0 spiro atoms. The summed E-state index contributed by atoms with van der Waals surface area (Å²) >= 11 is 12.0. The molecule has 0 radical (unpaired) electrons. The number of nitro benzene ring substituents is 1. The lowest BCUT2D eigenvalue weighted by atomic mass is 9.88. The maximum absolute atomic E-state index is 13.3. The number of halogens is 2. The number of benzene rings is 2. The number of Topliss-reactive ketones (excluding diaryl/α,β-unsaturated/α-hetero) is 1. The third-order valence-electron chi connectivity index (χ3n) is 6.23. The van der Waals surface area contributed by atoms with E-state index in [4.69, 9.17) is 23.2 Å². The minimum Gasteiger partial charge on any atom is -0.371 e. The molecule has 0 saturated carbocycles. The molecule has 2 saturated heterocycles. The van der Waals surface area contributed by atoms with Gasteiger partial charge in [0.25, 0.3) is 11.6 Å². The van der Waals surface area contributed by atoms with Gasteiger partial charge in [-0.3, -0.25) is 19.7 Å². The molecule has 7 nitrogen and oxygen atoms in total. The Morgan fingerprint density at radius 2 is 1.62 bits per heavy atom. The van der Waals surface area contributed by atoms with E-state index in [2.05, 4.69) is 4.90 Å². The molecule has 1 amide bonds. The van der Waals surface area contributed by atoms with E-state index in [1.807, 2.05) is 0 Å². The predicted molar refractivity (Wildman–Crippen MR) is 124 cm³/mol. The number of non-ortho nitro benzene ring substituents is 1. The van der Waals surface area contributed by atoms with Crippen LogP contribution in [0.3, 0.4) is 0 Å². The summed E-state index contributed by atoms with van der Waals surface area (Å²) in [5, 5.41) is 12.0. The van der Waals surface area contributed by atoms with Gasteiger partial charge in [0.1, 0.15) is 0 Å². The van der Waals surface area contributed by atoms with Crippen LogP contribution < -0.4 is 4.90 Å². The summed E-state index contributed by atoms with van der Waals surface area (Å²) < 4.78 is 0. The van der Waals surface area contributed by atoms with E-state index < -0.39 is 4.92 Å². The lowest BCUT2D eigenvalue weighted by Crippen LogP contribution is -2.41. The lowest BCUT2D eigenvalue weighted by molar-refractivity contribution is -0.384. The fraction of sp³-hybridized carbons (Fsp3) is 0.391. The largest absolute Gasteiger partial charge is 0.371 e. The molecule has 2 aliphatic rings. The molecule has 0 N–H and O–H groups in total. The molecule has 4 rings (SSSR count). The van der Waals surface area contributed by atoms with E-state index in [1.165, 1.54) is 12.1 Å². The second kappa shape index (κ2) is 9.46. The average molecular weight is 476 g/mol. The fourth-order valence-electron chi connectivity index (χ4n) is 4.44. The number of piperidine rings is 1. The van der Waals surface area contributed by atoms with Gasteiger partial charge in [-0.2, -0.15) is 0 Å².